The molecule has 0 atom stereocenters. The third-order valence-corrected chi connectivity index (χ3v) is 8.86. The fourth-order valence-corrected chi connectivity index (χ4v) is 6.14. The van der Waals surface area contributed by atoms with Crippen molar-refractivity contribution in [3.05, 3.63) is 46.5 Å². The molecule has 39 heavy (non-hydrogen) atoms. The number of fused-ring (bicyclic) bond motifs is 1. The van der Waals surface area contributed by atoms with E-state index in [9.17, 15) is 13.2 Å². The molecule has 4 aromatic rings. The summed E-state index contributed by atoms with van der Waals surface area (Å²) in [4.78, 5) is 31.9. The second-order valence-corrected chi connectivity index (χ2v) is 11.3. The van der Waals surface area contributed by atoms with Crippen molar-refractivity contribution in [1.29, 1.82) is 0 Å². The van der Waals surface area contributed by atoms with Crippen LogP contribution in [0.5, 0.6) is 5.88 Å². The van der Waals surface area contributed by atoms with Gasteiger partial charge in [0.1, 0.15) is 28.6 Å². The molecule has 0 spiro atoms. The van der Waals surface area contributed by atoms with E-state index in [0.29, 0.717) is 68.0 Å². The third-order valence-electron chi connectivity index (χ3n) is 6.99. The normalized spacial score (nSPS) is 15.3. The van der Waals surface area contributed by atoms with Crippen molar-refractivity contribution in [2.45, 2.75) is 38.6 Å². The van der Waals surface area contributed by atoms with Crippen molar-refractivity contribution < 1.29 is 13.2 Å². The number of hydrogen-bond acceptors (Lipinski definition) is 9. The Labute approximate surface area is 226 Å². The van der Waals surface area contributed by atoms with E-state index < -0.39 is 15.6 Å². The summed E-state index contributed by atoms with van der Waals surface area (Å²) in [5.74, 6) is 1.10. The van der Waals surface area contributed by atoms with Gasteiger partial charge in [0.05, 0.1) is 24.1 Å². The number of aromatic amines is 1. The smallest absolute Gasteiger partial charge is 0.277 e. The molecule has 208 valence electrons. The van der Waals surface area contributed by atoms with E-state index in [0.717, 1.165) is 12.4 Å². The minimum Gasteiger partial charge on any atom is -0.477 e. The maximum absolute atomic E-state index is 13.5. The molecule has 0 unspecified atom stereocenters. The Balaban J connectivity index is 1.59. The van der Waals surface area contributed by atoms with E-state index in [2.05, 4.69) is 31.9 Å². The topological polar surface area (TPSA) is 144 Å². The molecule has 4 aromatic heterocycles. The number of pyridine rings is 1. The molecule has 1 saturated heterocycles. The number of sulfonamides is 1. The van der Waals surface area contributed by atoms with Crippen molar-refractivity contribution >= 4 is 21.1 Å². The van der Waals surface area contributed by atoms with Gasteiger partial charge in [0.15, 0.2) is 5.52 Å². The maximum Gasteiger partial charge on any atom is 0.277 e. The standard InChI is InChI=1S/C25H33N9O4S/c1-5-19-21-22(34(30-19)16-20-26-8-9-31(20)4)24(35)29-23(28-21)18-14-17(15-27-25(18)38-7-3)39(36,37)33-12-10-32(6-2)11-13-33/h8-9,14-15H,5-7,10-13,16H2,1-4H3,(H,28,29,35). The fourth-order valence-electron chi connectivity index (χ4n) is 4.74. The fraction of sp³-hybridized carbons (Fsp3) is 0.480. The molecule has 0 radical (unpaired) electrons. The van der Waals surface area contributed by atoms with Crippen molar-refractivity contribution in [2.24, 2.45) is 7.05 Å². The van der Waals surface area contributed by atoms with Crippen LogP contribution in [0.25, 0.3) is 22.4 Å². The highest BCUT2D eigenvalue weighted by Gasteiger charge is 2.30. The summed E-state index contributed by atoms with van der Waals surface area (Å²) in [6.07, 6.45) is 5.37. The number of hydrogen-bond donors (Lipinski definition) is 1. The Bertz CT molecular complexity index is 1650. The molecule has 0 aliphatic carbocycles. The van der Waals surface area contributed by atoms with Gasteiger partial charge < -0.3 is 19.2 Å². The number of imidazole rings is 1. The first-order valence-corrected chi connectivity index (χ1v) is 14.5. The summed E-state index contributed by atoms with van der Waals surface area (Å²) >= 11 is 0. The minimum absolute atomic E-state index is 0.0230. The number of H-pyrrole nitrogens is 1. The molecule has 14 heteroatoms. The van der Waals surface area contributed by atoms with Crippen LogP contribution in [0, 0.1) is 0 Å². The van der Waals surface area contributed by atoms with Crippen LogP contribution in [-0.2, 0) is 30.0 Å². The molecule has 0 saturated carbocycles. The first-order valence-electron chi connectivity index (χ1n) is 13.1. The van der Waals surface area contributed by atoms with E-state index in [1.54, 1.807) is 17.8 Å². The van der Waals surface area contributed by atoms with Gasteiger partial charge in [-0.15, -0.1) is 0 Å². The number of aryl methyl sites for hydroxylation is 2. The van der Waals surface area contributed by atoms with Gasteiger partial charge in [-0.25, -0.2) is 28.1 Å². The predicted octanol–water partition coefficient (Wildman–Crippen LogP) is 1.25. The quantitative estimate of drug-likeness (QED) is 0.323. The second kappa shape index (κ2) is 10.9. The highest BCUT2D eigenvalue weighted by molar-refractivity contribution is 7.89. The number of rotatable bonds is 9. The Hall–Kier alpha value is -3.62. The lowest BCUT2D eigenvalue weighted by molar-refractivity contribution is 0.196. The van der Waals surface area contributed by atoms with Crippen LogP contribution < -0.4 is 10.3 Å². The summed E-state index contributed by atoms with van der Waals surface area (Å²) in [7, 11) is -1.93. The largest absolute Gasteiger partial charge is 0.477 e. The molecule has 5 rings (SSSR count). The SMILES string of the molecule is CCOc1ncc(S(=O)(=O)N2CCN(CC)CC2)cc1-c1nc2c(CC)nn(Cc3nccn3C)c2c(=O)[nH]1. The number of nitrogens with one attached hydrogen (secondary N) is 1. The zero-order chi connectivity index (χ0) is 27.7. The van der Waals surface area contributed by atoms with Crippen LogP contribution in [-0.4, -0.2) is 91.2 Å². The summed E-state index contributed by atoms with van der Waals surface area (Å²) in [5, 5.41) is 4.64. The Morgan fingerprint density at radius 2 is 1.87 bits per heavy atom. The van der Waals surface area contributed by atoms with Gasteiger partial charge in [0.2, 0.25) is 15.9 Å². The minimum atomic E-state index is -3.81. The molecule has 1 fully saturated rings. The van der Waals surface area contributed by atoms with Gasteiger partial charge in [-0.1, -0.05) is 13.8 Å². The molecule has 0 amide bonds. The predicted molar refractivity (Wildman–Crippen MR) is 145 cm³/mol. The van der Waals surface area contributed by atoms with Crippen LogP contribution in [0.3, 0.4) is 0 Å². The molecular formula is C25H33N9O4S. The van der Waals surface area contributed by atoms with Crippen molar-refractivity contribution in [2.75, 3.05) is 39.3 Å². The van der Waals surface area contributed by atoms with Crippen LogP contribution >= 0.6 is 0 Å². The molecule has 5 heterocycles. The first-order chi connectivity index (χ1) is 18.8. The van der Waals surface area contributed by atoms with Crippen molar-refractivity contribution in [3.8, 4) is 17.3 Å². The Morgan fingerprint density at radius 1 is 1.10 bits per heavy atom. The summed E-state index contributed by atoms with van der Waals surface area (Å²) < 4.78 is 37.7. The van der Waals surface area contributed by atoms with E-state index in [1.807, 2.05) is 24.7 Å². The van der Waals surface area contributed by atoms with Gasteiger partial charge in [-0.2, -0.15) is 9.40 Å². The van der Waals surface area contributed by atoms with E-state index >= 15 is 0 Å². The molecule has 1 aliphatic rings. The molecule has 0 bridgehead atoms. The average Bonchev–Trinajstić information content (AvgIpc) is 3.51. The lowest BCUT2D eigenvalue weighted by atomic mass is 10.2. The lowest BCUT2D eigenvalue weighted by Gasteiger charge is -2.33. The zero-order valence-corrected chi connectivity index (χ0v) is 23.4. The monoisotopic (exact) mass is 555 g/mol. The van der Waals surface area contributed by atoms with Gasteiger partial charge in [0.25, 0.3) is 5.56 Å². The highest BCUT2D eigenvalue weighted by atomic mass is 32.2. The Kier molecular flexibility index (Phi) is 7.51. The number of likely N-dealkylation sites (N-methyl/N-ethyl adjacent to an activating group) is 1. The molecule has 1 aliphatic heterocycles. The van der Waals surface area contributed by atoms with Crippen LogP contribution in [0.15, 0.2) is 34.3 Å². The van der Waals surface area contributed by atoms with Gasteiger partial charge in [0, 0.05) is 45.6 Å². The first kappa shape index (κ1) is 27.0. The molecule has 0 aromatic carbocycles. The Morgan fingerprint density at radius 3 is 2.51 bits per heavy atom. The van der Waals surface area contributed by atoms with Gasteiger partial charge in [-0.3, -0.25) is 4.79 Å². The number of ether oxygens (including phenoxy) is 1. The zero-order valence-electron chi connectivity index (χ0n) is 22.6. The summed E-state index contributed by atoms with van der Waals surface area (Å²) in [6.45, 7) is 9.42. The van der Waals surface area contributed by atoms with E-state index in [-0.39, 0.29) is 16.6 Å². The lowest BCUT2D eigenvalue weighted by Crippen LogP contribution is -2.48. The van der Waals surface area contributed by atoms with E-state index in [1.165, 1.54) is 16.6 Å². The van der Waals surface area contributed by atoms with Gasteiger partial charge in [-0.05, 0) is 26.0 Å². The summed E-state index contributed by atoms with van der Waals surface area (Å²) in [5.41, 5.74) is 1.31. The summed E-state index contributed by atoms with van der Waals surface area (Å²) in [6, 6.07) is 1.48. The van der Waals surface area contributed by atoms with Crippen molar-refractivity contribution in [1.82, 2.24) is 43.5 Å². The third kappa shape index (κ3) is 5.06. The number of piperazine rings is 1. The number of aromatic nitrogens is 7. The van der Waals surface area contributed by atoms with Crippen LogP contribution in [0.4, 0.5) is 0 Å². The van der Waals surface area contributed by atoms with E-state index in [4.69, 9.17) is 9.72 Å². The highest BCUT2D eigenvalue weighted by Crippen LogP contribution is 2.30. The van der Waals surface area contributed by atoms with Crippen LogP contribution in [0.1, 0.15) is 32.3 Å². The van der Waals surface area contributed by atoms with Crippen LogP contribution in [0.2, 0.25) is 0 Å². The molecular weight excluding hydrogens is 522 g/mol. The van der Waals surface area contributed by atoms with Gasteiger partial charge >= 0.3 is 0 Å². The van der Waals surface area contributed by atoms with Crippen molar-refractivity contribution in [3.63, 3.8) is 0 Å². The second-order valence-electron chi connectivity index (χ2n) is 9.32. The maximum atomic E-state index is 13.5. The average molecular weight is 556 g/mol. The molecule has 13 nitrogen and oxygen atoms in total. The number of nitrogens with zero attached hydrogens (tertiary/aromatic N) is 8. The molecule has 1 N–H and O–H groups in total.